The van der Waals surface area contributed by atoms with Gasteiger partial charge in [-0.25, -0.2) is 17.9 Å². The largest absolute Gasteiger partial charge is 0.461 e. The van der Waals surface area contributed by atoms with Gasteiger partial charge in [-0.15, -0.1) is 0 Å². The third-order valence-electron chi connectivity index (χ3n) is 4.13. The quantitative estimate of drug-likeness (QED) is 0.786. The van der Waals surface area contributed by atoms with E-state index in [0.29, 0.717) is 17.9 Å². The number of sulfonamides is 1. The number of ether oxygens (including phenoxy) is 2. The van der Waals surface area contributed by atoms with Crippen molar-refractivity contribution in [2.45, 2.75) is 44.6 Å². The van der Waals surface area contributed by atoms with Crippen LogP contribution in [0.3, 0.4) is 0 Å². The van der Waals surface area contributed by atoms with Gasteiger partial charge in [-0.05, 0) is 33.6 Å². The SMILES string of the molecule is CCOC(=O)c1c(C)c(S(=O)(=O)NC[C@H]2CCCO2)c(C)n1C. The topological polar surface area (TPSA) is 86.6 Å². The Hall–Kier alpha value is -1.38. The van der Waals surface area contributed by atoms with Gasteiger partial charge in [0.05, 0.1) is 12.7 Å². The van der Waals surface area contributed by atoms with Gasteiger partial charge in [-0.2, -0.15) is 0 Å². The Labute approximate surface area is 137 Å². The van der Waals surface area contributed by atoms with Crippen molar-refractivity contribution >= 4 is 16.0 Å². The number of nitrogens with one attached hydrogen (secondary N) is 1. The van der Waals surface area contributed by atoms with E-state index in [1.165, 1.54) is 0 Å². The summed E-state index contributed by atoms with van der Waals surface area (Å²) in [5.74, 6) is -0.517. The van der Waals surface area contributed by atoms with E-state index < -0.39 is 16.0 Å². The van der Waals surface area contributed by atoms with Crippen molar-refractivity contribution in [3.63, 3.8) is 0 Å². The number of rotatable bonds is 6. The molecule has 23 heavy (non-hydrogen) atoms. The first kappa shape index (κ1) is 18.0. The van der Waals surface area contributed by atoms with Gasteiger partial charge in [0.15, 0.2) is 0 Å². The zero-order valence-corrected chi connectivity index (χ0v) is 14.8. The first-order chi connectivity index (χ1) is 10.8. The molecular formula is C15H24N2O5S. The number of carbonyl (C=O) groups is 1. The lowest BCUT2D eigenvalue weighted by Crippen LogP contribution is -2.32. The average molecular weight is 344 g/mol. The summed E-state index contributed by atoms with van der Waals surface area (Å²) in [6.45, 7) is 6.16. The second-order valence-electron chi connectivity index (χ2n) is 5.65. The average Bonchev–Trinajstić information content (AvgIpc) is 3.05. The van der Waals surface area contributed by atoms with Gasteiger partial charge in [0.1, 0.15) is 10.6 Å². The van der Waals surface area contributed by atoms with Crippen LogP contribution < -0.4 is 4.72 Å². The molecule has 1 aliphatic heterocycles. The maximum absolute atomic E-state index is 12.6. The molecule has 0 saturated carbocycles. The van der Waals surface area contributed by atoms with Crippen LogP contribution in [0.4, 0.5) is 0 Å². The highest BCUT2D eigenvalue weighted by Gasteiger charge is 2.30. The fraction of sp³-hybridized carbons (Fsp3) is 0.667. The molecule has 1 aliphatic rings. The molecule has 0 aliphatic carbocycles. The van der Waals surface area contributed by atoms with Crippen molar-refractivity contribution in [2.75, 3.05) is 19.8 Å². The minimum absolute atomic E-state index is 0.0846. The summed E-state index contributed by atoms with van der Waals surface area (Å²) in [6, 6.07) is 0. The predicted molar refractivity (Wildman–Crippen MR) is 85.0 cm³/mol. The molecule has 1 saturated heterocycles. The van der Waals surface area contributed by atoms with E-state index in [2.05, 4.69) is 4.72 Å². The van der Waals surface area contributed by atoms with Crippen molar-refractivity contribution in [3.8, 4) is 0 Å². The van der Waals surface area contributed by atoms with E-state index >= 15 is 0 Å². The summed E-state index contributed by atoms with van der Waals surface area (Å²) >= 11 is 0. The summed E-state index contributed by atoms with van der Waals surface area (Å²) in [6.07, 6.45) is 1.71. The summed E-state index contributed by atoms with van der Waals surface area (Å²) in [5.41, 5.74) is 1.18. The van der Waals surface area contributed by atoms with E-state index in [-0.39, 0.29) is 29.8 Å². The standard InChI is InChI=1S/C15H24N2O5S/c1-5-21-15(18)13-10(2)14(11(3)17(13)4)23(19,20)16-9-12-7-6-8-22-12/h12,16H,5-9H2,1-4H3/t12-/m1/s1. The molecule has 8 heteroatoms. The number of esters is 1. The highest BCUT2D eigenvalue weighted by molar-refractivity contribution is 7.89. The molecule has 0 unspecified atom stereocenters. The molecule has 1 atom stereocenters. The number of nitrogens with zero attached hydrogens (tertiary/aromatic N) is 1. The van der Waals surface area contributed by atoms with E-state index in [0.717, 1.165) is 12.8 Å². The lowest BCUT2D eigenvalue weighted by atomic mass is 10.2. The second kappa shape index (κ2) is 7.02. The second-order valence-corrected chi connectivity index (χ2v) is 7.36. The first-order valence-electron chi connectivity index (χ1n) is 7.73. The van der Waals surface area contributed by atoms with Gasteiger partial charge in [0, 0.05) is 31.5 Å². The van der Waals surface area contributed by atoms with Gasteiger partial charge in [-0.1, -0.05) is 0 Å². The molecule has 2 heterocycles. The van der Waals surface area contributed by atoms with Crippen LogP contribution >= 0.6 is 0 Å². The number of hydrogen-bond donors (Lipinski definition) is 1. The number of aromatic nitrogens is 1. The van der Waals surface area contributed by atoms with Crippen LogP contribution in [0.15, 0.2) is 4.90 Å². The zero-order chi connectivity index (χ0) is 17.2. The van der Waals surface area contributed by atoms with Crippen molar-refractivity contribution in [1.29, 1.82) is 0 Å². The third-order valence-corrected chi connectivity index (χ3v) is 5.81. The molecule has 1 aromatic rings. The van der Waals surface area contributed by atoms with Crippen molar-refractivity contribution in [1.82, 2.24) is 9.29 Å². The molecule has 2 rings (SSSR count). The van der Waals surface area contributed by atoms with E-state index in [1.807, 2.05) is 0 Å². The van der Waals surface area contributed by atoms with Gasteiger partial charge < -0.3 is 14.0 Å². The molecule has 0 amide bonds. The fourth-order valence-corrected chi connectivity index (χ4v) is 4.49. The maximum atomic E-state index is 12.6. The minimum Gasteiger partial charge on any atom is -0.461 e. The Kier molecular flexibility index (Phi) is 5.49. The number of hydrogen-bond acceptors (Lipinski definition) is 5. The Bertz CT molecular complexity index is 687. The zero-order valence-electron chi connectivity index (χ0n) is 14.0. The highest BCUT2D eigenvalue weighted by Crippen LogP contribution is 2.26. The van der Waals surface area contributed by atoms with Crippen LogP contribution in [-0.4, -0.2) is 44.8 Å². The van der Waals surface area contributed by atoms with Crippen LogP contribution in [0.1, 0.15) is 41.5 Å². The van der Waals surface area contributed by atoms with Crippen molar-refractivity contribution in [3.05, 3.63) is 17.0 Å². The van der Waals surface area contributed by atoms with E-state index in [4.69, 9.17) is 9.47 Å². The van der Waals surface area contributed by atoms with Gasteiger partial charge >= 0.3 is 5.97 Å². The summed E-state index contributed by atoms with van der Waals surface area (Å²) < 4.78 is 39.9. The molecule has 1 aromatic heterocycles. The normalized spacial score (nSPS) is 18.3. The summed E-state index contributed by atoms with van der Waals surface area (Å²) in [7, 11) is -2.06. The lowest BCUT2D eigenvalue weighted by molar-refractivity contribution is 0.0514. The van der Waals surface area contributed by atoms with Crippen molar-refractivity contribution < 1.29 is 22.7 Å². The maximum Gasteiger partial charge on any atom is 0.355 e. The molecule has 0 bridgehead atoms. The first-order valence-corrected chi connectivity index (χ1v) is 9.22. The van der Waals surface area contributed by atoms with Gasteiger partial charge in [0.25, 0.3) is 0 Å². The molecule has 1 N–H and O–H groups in total. The Morgan fingerprint density at radius 1 is 1.43 bits per heavy atom. The Balaban J connectivity index is 2.30. The molecule has 0 spiro atoms. The molecule has 0 radical (unpaired) electrons. The summed E-state index contributed by atoms with van der Waals surface area (Å²) in [5, 5.41) is 0. The third kappa shape index (κ3) is 3.59. The molecule has 1 fully saturated rings. The summed E-state index contributed by atoms with van der Waals surface area (Å²) in [4.78, 5) is 12.2. The molecular weight excluding hydrogens is 320 g/mol. The Morgan fingerprint density at radius 3 is 2.70 bits per heavy atom. The molecule has 7 nitrogen and oxygen atoms in total. The van der Waals surface area contributed by atoms with Crippen LogP contribution in [0.25, 0.3) is 0 Å². The van der Waals surface area contributed by atoms with Crippen LogP contribution in [-0.2, 0) is 26.5 Å². The minimum atomic E-state index is -3.72. The van der Waals surface area contributed by atoms with Crippen molar-refractivity contribution in [2.24, 2.45) is 7.05 Å². The predicted octanol–water partition coefficient (Wildman–Crippen LogP) is 1.28. The van der Waals surface area contributed by atoms with Crippen LogP contribution in [0, 0.1) is 13.8 Å². The van der Waals surface area contributed by atoms with E-state index in [9.17, 15) is 13.2 Å². The van der Waals surface area contributed by atoms with E-state index in [1.54, 1.807) is 32.4 Å². The molecule has 130 valence electrons. The fourth-order valence-electron chi connectivity index (χ4n) is 2.92. The van der Waals surface area contributed by atoms with Gasteiger partial charge in [0.2, 0.25) is 10.0 Å². The number of carbonyl (C=O) groups excluding carboxylic acids is 1. The van der Waals surface area contributed by atoms with Crippen LogP contribution in [0.2, 0.25) is 0 Å². The highest BCUT2D eigenvalue weighted by atomic mass is 32.2. The van der Waals surface area contributed by atoms with Crippen LogP contribution in [0.5, 0.6) is 0 Å². The lowest BCUT2D eigenvalue weighted by Gasteiger charge is -2.12. The smallest absolute Gasteiger partial charge is 0.355 e. The van der Waals surface area contributed by atoms with Gasteiger partial charge in [-0.3, -0.25) is 0 Å². The monoisotopic (exact) mass is 344 g/mol. The molecule has 0 aromatic carbocycles. The Morgan fingerprint density at radius 2 is 2.13 bits per heavy atom.